The normalized spacial score (nSPS) is 22.4. The predicted octanol–water partition coefficient (Wildman–Crippen LogP) is 4.61. The van der Waals surface area contributed by atoms with Gasteiger partial charge in [-0.05, 0) is 42.5 Å². The number of hydrogen-bond donors (Lipinski definition) is 1. The maximum atomic E-state index is 14.7. The number of anilines is 2. The fourth-order valence-electron chi connectivity index (χ4n) is 4.64. The lowest BCUT2D eigenvalue weighted by Crippen LogP contribution is -2.56. The molecule has 6 nitrogen and oxygen atoms in total. The van der Waals surface area contributed by atoms with E-state index in [1.165, 1.54) is 23.2 Å². The Morgan fingerprint density at radius 3 is 2.56 bits per heavy atom. The van der Waals surface area contributed by atoms with Crippen LogP contribution in [-0.4, -0.2) is 36.6 Å². The van der Waals surface area contributed by atoms with E-state index in [0.29, 0.717) is 17.9 Å². The fraction of sp³-hybridized carbons (Fsp3) is 0.261. The van der Waals surface area contributed by atoms with Gasteiger partial charge < -0.3 is 10.2 Å². The van der Waals surface area contributed by atoms with E-state index in [1.807, 2.05) is 18.2 Å². The van der Waals surface area contributed by atoms with Crippen LogP contribution in [0.4, 0.5) is 25.0 Å². The summed E-state index contributed by atoms with van der Waals surface area (Å²) < 4.78 is 29.1. The Hall–Kier alpha value is -3.26. The molecular weight excluding hydrogens is 438 g/mol. The smallest absolute Gasteiger partial charge is 0.329 e. The number of pyridine rings is 1. The minimum Gasteiger partial charge on any atom is -0.375 e. The van der Waals surface area contributed by atoms with Crippen molar-refractivity contribution < 1.29 is 18.4 Å². The van der Waals surface area contributed by atoms with Crippen molar-refractivity contribution in [3.8, 4) is 0 Å². The molecule has 2 aromatic carbocycles. The summed E-state index contributed by atoms with van der Waals surface area (Å²) in [5.41, 5.74) is -0.192. The molecule has 3 amide bonds. The lowest BCUT2D eigenvalue weighted by atomic mass is 9.65. The predicted molar refractivity (Wildman–Crippen MR) is 118 cm³/mol. The Labute approximate surface area is 187 Å². The molecule has 2 fully saturated rings. The van der Waals surface area contributed by atoms with E-state index in [9.17, 15) is 18.4 Å². The van der Waals surface area contributed by atoms with Gasteiger partial charge in [0.2, 0.25) is 0 Å². The van der Waals surface area contributed by atoms with Crippen LogP contribution in [0.15, 0.2) is 42.6 Å². The lowest BCUT2D eigenvalue weighted by Gasteiger charge is -2.43. The molecule has 1 aliphatic carbocycles. The van der Waals surface area contributed by atoms with Gasteiger partial charge in [0.25, 0.3) is 5.91 Å². The summed E-state index contributed by atoms with van der Waals surface area (Å²) in [5, 5.41) is 3.61. The van der Waals surface area contributed by atoms with Crippen molar-refractivity contribution in [2.45, 2.75) is 24.3 Å². The first kappa shape index (κ1) is 20.6. The van der Waals surface area contributed by atoms with Gasteiger partial charge in [0, 0.05) is 30.7 Å². The SMILES string of the molecule is CN(C)c1cc2c(N3C(=O)NC4(CC(c5ccccc5Cl)C4)C3=O)ccnc2c(F)c1F. The molecule has 1 spiro atoms. The minimum atomic E-state index is -1.13. The molecule has 3 aromatic rings. The molecule has 164 valence electrons. The molecule has 0 unspecified atom stereocenters. The average molecular weight is 457 g/mol. The lowest BCUT2D eigenvalue weighted by molar-refractivity contribution is -0.125. The van der Waals surface area contributed by atoms with Crippen molar-refractivity contribution in [2.75, 3.05) is 23.9 Å². The molecule has 9 heteroatoms. The van der Waals surface area contributed by atoms with E-state index in [-0.39, 0.29) is 28.2 Å². The third kappa shape index (κ3) is 2.86. The number of fused-ring (bicyclic) bond motifs is 1. The van der Waals surface area contributed by atoms with Crippen molar-refractivity contribution in [1.82, 2.24) is 10.3 Å². The van der Waals surface area contributed by atoms with Gasteiger partial charge in [-0.25, -0.2) is 18.5 Å². The van der Waals surface area contributed by atoms with Crippen LogP contribution in [0.25, 0.3) is 10.9 Å². The van der Waals surface area contributed by atoms with Crippen LogP contribution in [0.3, 0.4) is 0 Å². The Morgan fingerprint density at radius 1 is 1.16 bits per heavy atom. The zero-order valence-corrected chi connectivity index (χ0v) is 18.1. The number of carbonyl (C=O) groups is 2. The molecule has 0 bridgehead atoms. The highest BCUT2D eigenvalue weighted by Gasteiger charge is 2.59. The van der Waals surface area contributed by atoms with Crippen LogP contribution >= 0.6 is 11.6 Å². The van der Waals surface area contributed by atoms with Crippen LogP contribution in [-0.2, 0) is 4.79 Å². The van der Waals surface area contributed by atoms with Crippen molar-refractivity contribution in [1.29, 1.82) is 0 Å². The van der Waals surface area contributed by atoms with Gasteiger partial charge >= 0.3 is 6.03 Å². The van der Waals surface area contributed by atoms with Crippen molar-refractivity contribution in [2.24, 2.45) is 0 Å². The summed E-state index contributed by atoms with van der Waals surface area (Å²) in [6.45, 7) is 0. The van der Waals surface area contributed by atoms with Crippen LogP contribution in [0.1, 0.15) is 24.3 Å². The largest absolute Gasteiger partial charge is 0.375 e. The number of imide groups is 1. The number of aromatic nitrogens is 1. The van der Waals surface area contributed by atoms with Gasteiger partial charge in [0.1, 0.15) is 11.1 Å². The molecule has 1 aliphatic heterocycles. The molecule has 1 N–H and O–H groups in total. The van der Waals surface area contributed by atoms with E-state index in [1.54, 1.807) is 20.2 Å². The maximum Gasteiger partial charge on any atom is 0.329 e. The topological polar surface area (TPSA) is 65.5 Å². The number of nitrogens with one attached hydrogen (secondary N) is 1. The molecule has 1 saturated heterocycles. The third-order valence-electron chi connectivity index (χ3n) is 6.29. The molecule has 1 saturated carbocycles. The quantitative estimate of drug-likeness (QED) is 0.585. The van der Waals surface area contributed by atoms with Gasteiger partial charge in [-0.3, -0.25) is 9.78 Å². The van der Waals surface area contributed by atoms with Crippen LogP contribution < -0.4 is 15.1 Å². The molecule has 2 heterocycles. The first-order valence-electron chi connectivity index (χ1n) is 10.1. The van der Waals surface area contributed by atoms with E-state index >= 15 is 0 Å². The van der Waals surface area contributed by atoms with Crippen LogP contribution in [0, 0.1) is 11.6 Å². The van der Waals surface area contributed by atoms with Crippen molar-refractivity contribution in [3.63, 3.8) is 0 Å². The Bertz CT molecular complexity index is 1290. The van der Waals surface area contributed by atoms with Gasteiger partial charge in [-0.15, -0.1) is 0 Å². The van der Waals surface area contributed by atoms with Crippen LogP contribution in [0.5, 0.6) is 0 Å². The second-order valence-electron chi connectivity index (χ2n) is 8.42. The Morgan fingerprint density at radius 2 is 1.88 bits per heavy atom. The van der Waals surface area contributed by atoms with E-state index in [2.05, 4.69) is 10.3 Å². The number of urea groups is 1. The summed E-state index contributed by atoms with van der Waals surface area (Å²) in [4.78, 5) is 32.7. The molecule has 0 radical (unpaired) electrons. The Balaban J connectivity index is 1.53. The first-order chi connectivity index (χ1) is 15.2. The van der Waals surface area contributed by atoms with Gasteiger partial charge in [-0.2, -0.15) is 0 Å². The average Bonchev–Trinajstić information content (AvgIpc) is 3.00. The zero-order valence-electron chi connectivity index (χ0n) is 17.3. The number of hydrogen-bond acceptors (Lipinski definition) is 4. The summed E-state index contributed by atoms with van der Waals surface area (Å²) in [7, 11) is 3.15. The van der Waals surface area contributed by atoms with Gasteiger partial charge in [0.15, 0.2) is 11.6 Å². The molecule has 2 aliphatic rings. The minimum absolute atomic E-state index is 0.00607. The van der Waals surface area contributed by atoms with E-state index in [4.69, 9.17) is 11.6 Å². The van der Waals surface area contributed by atoms with Crippen LogP contribution in [0.2, 0.25) is 5.02 Å². The molecule has 5 rings (SSSR count). The highest BCUT2D eigenvalue weighted by atomic mass is 35.5. The highest BCUT2D eigenvalue weighted by molar-refractivity contribution is 6.31. The number of nitrogens with zero attached hydrogens (tertiary/aromatic N) is 3. The summed E-state index contributed by atoms with van der Waals surface area (Å²) >= 11 is 6.29. The molecule has 32 heavy (non-hydrogen) atoms. The van der Waals surface area contributed by atoms with E-state index in [0.717, 1.165) is 10.5 Å². The van der Waals surface area contributed by atoms with Gasteiger partial charge in [-0.1, -0.05) is 29.8 Å². The number of rotatable bonds is 3. The number of halogens is 3. The van der Waals surface area contributed by atoms with E-state index < -0.39 is 29.1 Å². The monoisotopic (exact) mass is 456 g/mol. The summed E-state index contributed by atoms with van der Waals surface area (Å²) in [6, 6.07) is 9.68. The summed E-state index contributed by atoms with van der Waals surface area (Å²) in [5.74, 6) is -2.55. The van der Waals surface area contributed by atoms with Crippen molar-refractivity contribution >= 4 is 45.8 Å². The second-order valence-corrected chi connectivity index (χ2v) is 8.83. The fourth-order valence-corrected chi connectivity index (χ4v) is 4.93. The molecule has 1 aromatic heterocycles. The second kappa shape index (κ2) is 7.13. The van der Waals surface area contributed by atoms with Gasteiger partial charge in [0.05, 0.1) is 11.4 Å². The number of amides is 3. The highest BCUT2D eigenvalue weighted by Crippen LogP contribution is 2.50. The first-order valence-corrected chi connectivity index (χ1v) is 10.5. The summed E-state index contributed by atoms with van der Waals surface area (Å²) in [6.07, 6.45) is 2.08. The number of carbonyl (C=O) groups excluding carboxylic acids is 2. The standard InChI is InChI=1S/C23H19ClF2N4O2/c1-29(2)17-9-14-16(7-8-27-20(14)19(26)18(17)25)30-21(31)23(28-22(30)32)10-12(11-23)13-5-3-4-6-15(13)24/h3-9,12H,10-11H2,1-2H3,(H,28,32). The molecule has 0 atom stereocenters. The maximum absolute atomic E-state index is 14.7. The third-order valence-corrected chi connectivity index (χ3v) is 6.64. The molecular formula is C23H19ClF2N4O2. The van der Waals surface area contributed by atoms with Crippen molar-refractivity contribution in [3.05, 3.63) is 64.8 Å². The number of benzene rings is 2. The Kier molecular flexibility index (Phi) is 4.60. The zero-order chi connectivity index (χ0) is 22.8.